The van der Waals surface area contributed by atoms with Crippen LogP contribution in [-0.4, -0.2) is 38.6 Å². The lowest BCUT2D eigenvalue weighted by molar-refractivity contribution is 0.0588. The number of hydrogen-bond acceptors (Lipinski definition) is 3. The lowest BCUT2D eigenvalue weighted by Crippen LogP contribution is -2.14. The van der Waals surface area contributed by atoms with E-state index in [2.05, 4.69) is 22.0 Å². The molecule has 0 saturated carbocycles. The molecule has 1 aromatic rings. The van der Waals surface area contributed by atoms with Crippen LogP contribution in [0, 0.1) is 5.92 Å². The van der Waals surface area contributed by atoms with E-state index in [1.54, 1.807) is 7.11 Å². The van der Waals surface area contributed by atoms with Crippen LogP contribution in [0.5, 0.6) is 0 Å². The van der Waals surface area contributed by atoms with E-state index in [0.717, 1.165) is 17.3 Å². The molecule has 1 N–H and O–H groups in total. The summed E-state index contributed by atoms with van der Waals surface area (Å²) in [6.07, 6.45) is 1.73. The third kappa shape index (κ3) is 5.96. The van der Waals surface area contributed by atoms with Gasteiger partial charge in [0.2, 0.25) is 0 Å². The summed E-state index contributed by atoms with van der Waals surface area (Å²) in [5, 5.41) is 9.39. The van der Waals surface area contributed by atoms with Crippen LogP contribution in [0.1, 0.15) is 12.0 Å². The van der Waals surface area contributed by atoms with Crippen molar-refractivity contribution in [2.45, 2.75) is 12.8 Å². The Hall–Kier alpha value is -0.420. The van der Waals surface area contributed by atoms with Crippen molar-refractivity contribution in [1.82, 2.24) is 0 Å². The van der Waals surface area contributed by atoms with E-state index in [4.69, 9.17) is 9.47 Å². The van der Waals surface area contributed by atoms with Crippen molar-refractivity contribution >= 4 is 15.9 Å². The molecule has 0 amide bonds. The highest BCUT2D eigenvalue weighted by Crippen LogP contribution is 2.20. The van der Waals surface area contributed by atoms with Gasteiger partial charge < -0.3 is 14.6 Å². The number of halogens is 1. The summed E-state index contributed by atoms with van der Waals surface area (Å²) < 4.78 is 11.4. The van der Waals surface area contributed by atoms with Crippen LogP contribution in [0.4, 0.5) is 0 Å². The summed E-state index contributed by atoms with van der Waals surface area (Å²) >= 11 is 3.53. The van der Waals surface area contributed by atoms with E-state index in [0.29, 0.717) is 19.8 Å². The Morgan fingerprint density at radius 1 is 1.22 bits per heavy atom. The van der Waals surface area contributed by atoms with Gasteiger partial charge in [-0.05, 0) is 30.4 Å². The van der Waals surface area contributed by atoms with E-state index in [-0.39, 0.29) is 12.5 Å². The van der Waals surface area contributed by atoms with Crippen LogP contribution in [0.25, 0.3) is 0 Å². The molecular formula is C14H21BrO3. The van der Waals surface area contributed by atoms with Crippen LogP contribution in [-0.2, 0) is 15.9 Å². The van der Waals surface area contributed by atoms with Crippen molar-refractivity contribution in [2.24, 2.45) is 5.92 Å². The van der Waals surface area contributed by atoms with Crippen LogP contribution in [0.2, 0.25) is 0 Å². The van der Waals surface area contributed by atoms with Crippen molar-refractivity contribution in [1.29, 1.82) is 0 Å². The molecular weight excluding hydrogens is 296 g/mol. The fourth-order valence-corrected chi connectivity index (χ4v) is 2.17. The molecule has 1 unspecified atom stereocenters. The van der Waals surface area contributed by atoms with E-state index in [1.165, 1.54) is 5.56 Å². The number of aliphatic hydroxyl groups excluding tert-OH is 1. The van der Waals surface area contributed by atoms with Gasteiger partial charge in [0.15, 0.2) is 0 Å². The monoisotopic (exact) mass is 316 g/mol. The SMILES string of the molecule is COCCOCCC(CO)Cc1ccccc1Br. The van der Waals surface area contributed by atoms with Gasteiger partial charge in [0.1, 0.15) is 0 Å². The quantitative estimate of drug-likeness (QED) is 0.712. The van der Waals surface area contributed by atoms with Gasteiger partial charge in [-0.25, -0.2) is 0 Å². The van der Waals surface area contributed by atoms with E-state index < -0.39 is 0 Å². The lowest BCUT2D eigenvalue weighted by Gasteiger charge is -2.15. The van der Waals surface area contributed by atoms with Gasteiger partial charge in [-0.2, -0.15) is 0 Å². The summed E-state index contributed by atoms with van der Waals surface area (Å²) in [7, 11) is 1.66. The zero-order valence-electron chi connectivity index (χ0n) is 10.8. The zero-order chi connectivity index (χ0) is 13.2. The van der Waals surface area contributed by atoms with E-state index in [9.17, 15) is 5.11 Å². The Kier molecular flexibility index (Phi) is 8.25. The second-order valence-electron chi connectivity index (χ2n) is 4.24. The number of methoxy groups -OCH3 is 1. The average molecular weight is 317 g/mol. The Balaban J connectivity index is 2.31. The maximum atomic E-state index is 9.39. The highest BCUT2D eigenvalue weighted by atomic mass is 79.9. The second kappa shape index (κ2) is 9.50. The van der Waals surface area contributed by atoms with Crippen molar-refractivity contribution in [3.05, 3.63) is 34.3 Å². The molecule has 0 aromatic heterocycles. The molecule has 0 aliphatic carbocycles. The topological polar surface area (TPSA) is 38.7 Å². The normalized spacial score (nSPS) is 12.6. The zero-order valence-corrected chi connectivity index (χ0v) is 12.4. The number of hydrogen-bond donors (Lipinski definition) is 1. The van der Waals surface area contributed by atoms with E-state index in [1.807, 2.05) is 18.2 Å². The summed E-state index contributed by atoms with van der Waals surface area (Å²) in [5.41, 5.74) is 1.23. The van der Waals surface area contributed by atoms with Gasteiger partial charge in [-0.3, -0.25) is 0 Å². The number of ether oxygens (including phenoxy) is 2. The van der Waals surface area contributed by atoms with Crippen LogP contribution >= 0.6 is 15.9 Å². The molecule has 102 valence electrons. The summed E-state index contributed by atoms with van der Waals surface area (Å²) in [5.74, 6) is 0.242. The smallest absolute Gasteiger partial charge is 0.0700 e. The summed E-state index contributed by atoms with van der Waals surface area (Å²) in [6, 6.07) is 8.12. The Morgan fingerprint density at radius 2 is 2.00 bits per heavy atom. The third-order valence-corrected chi connectivity index (χ3v) is 3.60. The number of aliphatic hydroxyl groups is 1. The highest BCUT2D eigenvalue weighted by molar-refractivity contribution is 9.10. The summed E-state index contributed by atoms with van der Waals surface area (Å²) in [6.45, 7) is 2.09. The van der Waals surface area contributed by atoms with Gasteiger partial charge in [0.25, 0.3) is 0 Å². The molecule has 0 bridgehead atoms. The molecule has 1 atom stereocenters. The predicted molar refractivity (Wildman–Crippen MR) is 75.7 cm³/mol. The van der Waals surface area contributed by atoms with Crippen molar-refractivity contribution in [3.63, 3.8) is 0 Å². The van der Waals surface area contributed by atoms with Crippen LogP contribution in [0.15, 0.2) is 28.7 Å². The lowest BCUT2D eigenvalue weighted by atomic mass is 9.97. The third-order valence-electron chi connectivity index (χ3n) is 2.83. The minimum atomic E-state index is 0.189. The Bertz CT molecular complexity index is 331. The fourth-order valence-electron chi connectivity index (χ4n) is 1.73. The molecule has 18 heavy (non-hydrogen) atoms. The number of rotatable bonds is 9. The first-order valence-corrected chi connectivity index (χ1v) is 6.98. The molecule has 0 aliphatic rings. The largest absolute Gasteiger partial charge is 0.396 e. The maximum absolute atomic E-state index is 9.39. The molecule has 0 aliphatic heterocycles. The standard InChI is InChI=1S/C14H21BrO3/c1-17-8-9-18-7-6-12(11-16)10-13-4-2-3-5-14(13)15/h2-5,12,16H,6-11H2,1H3. The molecule has 0 radical (unpaired) electrons. The minimum Gasteiger partial charge on any atom is -0.396 e. The first-order chi connectivity index (χ1) is 8.77. The van der Waals surface area contributed by atoms with Crippen molar-refractivity contribution in [3.8, 4) is 0 Å². The Labute approximate surface area is 117 Å². The molecule has 0 spiro atoms. The second-order valence-corrected chi connectivity index (χ2v) is 5.09. The van der Waals surface area contributed by atoms with Gasteiger partial charge in [-0.1, -0.05) is 34.1 Å². The average Bonchev–Trinajstić information content (AvgIpc) is 2.39. The maximum Gasteiger partial charge on any atom is 0.0700 e. The predicted octanol–water partition coefficient (Wildman–Crippen LogP) is 2.65. The van der Waals surface area contributed by atoms with Crippen LogP contribution in [0.3, 0.4) is 0 Å². The first kappa shape index (κ1) is 15.6. The van der Waals surface area contributed by atoms with E-state index >= 15 is 0 Å². The molecule has 0 saturated heterocycles. The van der Waals surface area contributed by atoms with Gasteiger partial charge in [0.05, 0.1) is 13.2 Å². The molecule has 0 heterocycles. The van der Waals surface area contributed by atoms with Crippen molar-refractivity contribution in [2.75, 3.05) is 33.5 Å². The molecule has 4 heteroatoms. The Morgan fingerprint density at radius 3 is 2.67 bits per heavy atom. The minimum absolute atomic E-state index is 0.189. The fraction of sp³-hybridized carbons (Fsp3) is 0.571. The van der Waals surface area contributed by atoms with Crippen LogP contribution < -0.4 is 0 Å². The molecule has 3 nitrogen and oxygen atoms in total. The van der Waals surface area contributed by atoms with Gasteiger partial charge in [-0.15, -0.1) is 0 Å². The van der Waals surface area contributed by atoms with Crippen molar-refractivity contribution < 1.29 is 14.6 Å². The molecule has 0 fully saturated rings. The van der Waals surface area contributed by atoms with Gasteiger partial charge in [0, 0.05) is 24.8 Å². The summed E-state index contributed by atoms with van der Waals surface area (Å²) in [4.78, 5) is 0. The highest BCUT2D eigenvalue weighted by Gasteiger charge is 2.10. The molecule has 1 aromatic carbocycles. The molecule has 1 rings (SSSR count). The van der Waals surface area contributed by atoms with Gasteiger partial charge >= 0.3 is 0 Å². The number of benzene rings is 1. The first-order valence-electron chi connectivity index (χ1n) is 6.19.